The molecule has 5 heterocycles. The number of methoxy groups -OCH3 is 1. The van der Waals surface area contributed by atoms with Crippen LogP contribution in [0.15, 0.2) is 67.1 Å². The Morgan fingerprint density at radius 2 is 1.80 bits per heavy atom. The molecular weight excluding hydrogens is 725 g/mol. The van der Waals surface area contributed by atoms with Gasteiger partial charge in [0.05, 0.1) is 46.4 Å². The fourth-order valence-corrected chi connectivity index (χ4v) is 7.55. The highest BCUT2D eigenvalue weighted by molar-refractivity contribution is 6.38. The van der Waals surface area contributed by atoms with Gasteiger partial charge in [0.25, 0.3) is 0 Å². The van der Waals surface area contributed by atoms with E-state index in [-0.39, 0.29) is 24.9 Å². The Bertz CT molecular complexity index is 2240. The van der Waals surface area contributed by atoms with Gasteiger partial charge in [0.15, 0.2) is 5.78 Å². The molecule has 0 bridgehead atoms. The van der Waals surface area contributed by atoms with E-state index < -0.39 is 0 Å². The molecule has 2 aliphatic rings. The van der Waals surface area contributed by atoms with Gasteiger partial charge in [-0.05, 0) is 31.0 Å². The normalized spacial score (nSPS) is 14.6. The second-order valence-electron chi connectivity index (χ2n) is 13.5. The molecule has 7 rings (SSSR count). The minimum Gasteiger partial charge on any atom is -0.488 e. The molecule has 0 atom stereocenters. The number of Topliss-reactive ketones (excluding diaryl/α,β-unsaturated/α-hetero) is 1. The van der Waals surface area contributed by atoms with Gasteiger partial charge in [0.2, 0.25) is 5.88 Å². The molecule has 2 aromatic carbocycles. The first kappa shape index (κ1) is 37.4. The second kappa shape index (κ2) is 16.6. The molecule has 54 heavy (non-hydrogen) atoms. The largest absolute Gasteiger partial charge is 0.488 e. The van der Waals surface area contributed by atoms with Gasteiger partial charge in [-0.15, -0.1) is 0 Å². The van der Waals surface area contributed by atoms with E-state index in [0.29, 0.717) is 92.8 Å². The lowest BCUT2D eigenvalue weighted by molar-refractivity contribution is -0.00403. The number of benzene rings is 2. The number of aromatic nitrogens is 4. The number of nitrogens with zero attached hydrogens (tertiary/aromatic N) is 7. The number of fused-ring (bicyclic) bond motifs is 1. The minimum absolute atomic E-state index is 0.0141. The number of carbonyl (C=O) groups excluding carboxylic acids is 1. The third kappa shape index (κ3) is 8.09. The van der Waals surface area contributed by atoms with E-state index in [2.05, 4.69) is 32.8 Å². The first-order valence-electron chi connectivity index (χ1n) is 17.9. The number of rotatable bonds is 13. The number of pyridine rings is 2. The third-order valence-corrected chi connectivity index (χ3v) is 10.5. The summed E-state index contributed by atoms with van der Waals surface area (Å²) >= 11 is 14.1. The Morgan fingerprint density at radius 3 is 2.56 bits per heavy atom. The third-order valence-electron chi connectivity index (χ3n) is 9.67. The molecule has 0 unspecified atom stereocenters. The number of carbonyl (C=O) groups is 1. The van der Waals surface area contributed by atoms with Gasteiger partial charge < -0.3 is 14.6 Å². The molecule has 2 aliphatic heterocycles. The zero-order valence-electron chi connectivity index (χ0n) is 30.1. The maximum absolute atomic E-state index is 14.0. The van der Waals surface area contributed by atoms with Gasteiger partial charge in [-0.25, -0.2) is 9.97 Å². The minimum atomic E-state index is -0.317. The number of aliphatic hydroxyl groups excluding tert-OH is 1. The van der Waals surface area contributed by atoms with Crippen LogP contribution in [0.1, 0.15) is 57.5 Å². The van der Waals surface area contributed by atoms with Gasteiger partial charge in [0.1, 0.15) is 29.8 Å². The Kier molecular flexibility index (Phi) is 11.5. The van der Waals surface area contributed by atoms with Crippen LogP contribution in [0.4, 0.5) is 0 Å². The molecule has 0 radical (unpaired) electrons. The lowest BCUT2D eigenvalue weighted by Gasteiger charge is -2.35. The van der Waals surface area contributed by atoms with Crippen LogP contribution in [0.2, 0.25) is 10.0 Å². The number of hydrogen-bond acceptors (Lipinski definition) is 11. The first-order chi connectivity index (χ1) is 26.2. The lowest BCUT2D eigenvalue weighted by Crippen LogP contribution is -2.50. The van der Waals surface area contributed by atoms with Crippen LogP contribution in [0.25, 0.3) is 22.4 Å². The molecular formula is C41H39Cl2N7O4. The summed E-state index contributed by atoms with van der Waals surface area (Å²) in [5, 5.41) is 19.8. The van der Waals surface area contributed by atoms with Crippen LogP contribution in [0.5, 0.6) is 11.6 Å². The van der Waals surface area contributed by atoms with Crippen molar-refractivity contribution in [1.82, 2.24) is 29.7 Å². The Balaban J connectivity index is 1.15. The van der Waals surface area contributed by atoms with Crippen molar-refractivity contribution in [1.29, 1.82) is 5.26 Å². The van der Waals surface area contributed by atoms with Gasteiger partial charge in [-0.2, -0.15) is 5.26 Å². The summed E-state index contributed by atoms with van der Waals surface area (Å²) in [6.07, 6.45) is 6.31. The summed E-state index contributed by atoms with van der Waals surface area (Å²) < 4.78 is 11.9. The van der Waals surface area contributed by atoms with Crippen molar-refractivity contribution in [2.45, 2.75) is 52.0 Å². The summed E-state index contributed by atoms with van der Waals surface area (Å²) in [5.74, 6) is 0.802. The molecule has 13 heteroatoms. The zero-order valence-corrected chi connectivity index (χ0v) is 31.6. The van der Waals surface area contributed by atoms with Gasteiger partial charge in [0, 0.05) is 85.4 Å². The van der Waals surface area contributed by atoms with Crippen LogP contribution in [0.3, 0.4) is 0 Å². The summed E-state index contributed by atoms with van der Waals surface area (Å²) in [5.41, 5.74) is 7.19. The number of ether oxygens (including phenoxy) is 2. The number of aliphatic hydroxyl groups is 1. The molecule has 11 nitrogen and oxygen atoms in total. The summed E-state index contributed by atoms with van der Waals surface area (Å²) in [6, 6.07) is 16.8. The highest BCUT2D eigenvalue weighted by atomic mass is 35.5. The maximum atomic E-state index is 14.0. The molecule has 0 aliphatic carbocycles. The van der Waals surface area contributed by atoms with Crippen molar-refractivity contribution in [3.8, 4) is 40.1 Å². The predicted molar refractivity (Wildman–Crippen MR) is 206 cm³/mol. The molecule has 0 saturated carbocycles. The number of hydrogen-bond donors (Lipinski definition) is 1. The van der Waals surface area contributed by atoms with Crippen molar-refractivity contribution in [2.75, 3.05) is 33.3 Å². The zero-order chi connectivity index (χ0) is 37.8. The molecule has 276 valence electrons. The molecule has 5 aromatic rings. The van der Waals surface area contributed by atoms with Crippen LogP contribution in [0, 0.1) is 11.3 Å². The van der Waals surface area contributed by atoms with E-state index in [0.717, 1.165) is 42.8 Å². The number of likely N-dealkylation sites (tertiary alicyclic amines) is 1. The fraction of sp³-hybridized carbons (Fsp3) is 0.317. The quantitative estimate of drug-likeness (QED) is 0.128. The topological polar surface area (TPSA) is 138 Å². The second-order valence-corrected chi connectivity index (χ2v) is 14.3. The van der Waals surface area contributed by atoms with E-state index in [9.17, 15) is 15.2 Å². The number of β-amino-alcohol motifs (C(OH)–C–C–N with tert-alkyl or cyclic N) is 1. The predicted octanol–water partition coefficient (Wildman–Crippen LogP) is 6.74. The Hall–Kier alpha value is -4.96. The molecule has 0 spiro atoms. The number of nitriles is 1. The highest BCUT2D eigenvalue weighted by Crippen LogP contribution is 2.40. The average Bonchev–Trinajstić information content (AvgIpc) is 3.17. The monoisotopic (exact) mass is 763 g/mol. The summed E-state index contributed by atoms with van der Waals surface area (Å²) in [6.45, 7) is 6.47. The number of halogens is 2. The summed E-state index contributed by atoms with van der Waals surface area (Å²) in [4.78, 5) is 36.8. The van der Waals surface area contributed by atoms with Crippen LogP contribution in [-0.2, 0) is 32.5 Å². The van der Waals surface area contributed by atoms with E-state index in [4.69, 9.17) is 42.6 Å². The van der Waals surface area contributed by atoms with Crippen LogP contribution < -0.4 is 9.47 Å². The highest BCUT2D eigenvalue weighted by Gasteiger charge is 2.27. The molecule has 0 amide bonds. The van der Waals surface area contributed by atoms with E-state index in [1.807, 2.05) is 36.4 Å². The smallest absolute Gasteiger partial charge is 0.237 e. The van der Waals surface area contributed by atoms with Gasteiger partial charge in [-0.1, -0.05) is 66.5 Å². The van der Waals surface area contributed by atoms with Crippen molar-refractivity contribution < 1.29 is 19.4 Å². The van der Waals surface area contributed by atoms with Crippen molar-refractivity contribution in [3.63, 3.8) is 0 Å². The van der Waals surface area contributed by atoms with Gasteiger partial charge in [-0.3, -0.25) is 24.6 Å². The van der Waals surface area contributed by atoms with Gasteiger partial charge >= 0.3 is 0 Å². The lowest BCUT2D eigenvalue weighted by atomic mass is 9.97. The SMILES string of the molecule is CCCN1CCc2c(OCc3cncc(C#N)c3)cc(C(=O)Cc3cccc(-c4cccc(-c5cnc(CN6CC(O)C6)c(OC)n5)c4Cl)c3Cl)nc2C1. The van der Waals surface area contributed by atoms with Crippen LogP contribution >= 0.6 is 23.2 Å². The molecule has 1 fully saturated rings. The molecule has 3 aromatic heterocycles. The maximum Gasteiger partial charge on any atom is 0.237 e. The van der Waals surface area contributed by atoms with Crippen molar-refractivity contribution in [3.05, 3.63) is 117 Å². The average molecular weight is 765 g/mol. The first-order valence-corrected chi connectivity index (χ1v) is 18.6. The van der Waals surface area contributed by atoms with E-state index in [1.54, 1.807) is 31.6 Å². The molecule has 1 saturated heterocycles. The Morgan fingerprint density at radius 1 is 1.02 bits per heavy atom. The standard InChI is InChI=1S/C41H39Cl2N7O4/c1-3-11-49-12-10-31-35(22-49)47-33(15-38(31)54-24-26-13-25(16-44)17-45-18-26)37(52)14-27-6-4-7-29(39(27)42)30-8-5-9-32(40(30)43)34-19-46-36(41(48-34)53-2)23-50-20-28(51)21-50/h4-9,13,15,17-19,28,51H,3,10-12,14,20-24H2,1-2H3. The van der Waals surface area contributed by atoms with Crippen molar-refractivity contribution >= 4 is 29.0 Å². The molecule has 1 N–H and O–H groups in total. The van der Waals surface area contributed by atoms with Crippen molar-refractivity contribution in [2.24, 2.45) is 0 Å². The summed E-state index contributed by atoms with van der Waals surface area (Å²) in [7, 11) is 1.55. The van der Waals surface area contributed by atoms with Crippen LogP contribution in [-0.4, -0.2) is 80.0 Å². The Labute approximate surface area is 324 Å². The fourth-order valence-electron chi connectivity index (χ4n) is 6.93. The van der Waals surface area contributed by atoms with E-state index in [1.165, 1.54) is 6.20 Å². The number of ketones is 1. The van der Waals surface area contributed by atoms with E-state index >= 15 is 0 Å².